The third-order valence-electron chi connectivity index (χ3n) is 5.03. The van der Waals surface area contributed by atoms with Gasteiger partial charge in [-0.15, -0.1) is 0 Å². The van der Waals surface area contributed by atoms with Crippen molar-refractivity contribution in [3.8, 4) is 5.75 Å². The van der Waals surface area contributed by atoms with Gasteiger partial charge in [0, 0.05) is 15.7 Å². The van der Waals surface area contributed by atoms with Gasteiger partial charge in [0.25, 0.3) is 11.7 Å². The van der Waals surface area contributed by atoms with E-state index in [1.54, 1.807) is 55.6 Å². The Hall–Kier alpha value is -3.38. The molecule has 1 aliphatic heterocycles. The van der Waals surface area contributed by atoms with E-state index in [1.165, 1.54) is 4.90 Å². The van der Waals surface area contributed by atoms with Crippen molar-refractivity contribution in [2.45, 2.75) is 6.04 Å². The highest BCUT2D eigenvalue weighted by molar-refractivity contribution is 9.10. The molecule has 1 fully saturated rings. The summed E-state index contributed by atoms with van der Waals surface area (Å²) in [6, 6.07) is 22.3. The van der Waals surface area contributed by atoms with Crippen molar-refractivity contribution < 1.29 is 19.4 Å². The van der Waals surface area contributed by atoms with Crippen LogP contribution in [0.4, 0.5) is 5.69 Å². The Bertz CT molecular complexity index is 1120. The van der Waals surface area contributed by atoms with Crippen LogP contribution in [-0.2, 0) is 9.59 Å². The molecule has 1 amide bonds. The van der Waals surface area contributed by atoms with Gasteiger partial charge in [-0.1, -0.05) is 46.3 Å². The van der Waals surface area contributed by atoms with Crippen molar-refractivity contribution in [2.24, 2.45) is 0 Å². The van der Waals surface area contributed by atoms with Gasteiger partial charge in [0.05, 0.1) is 18.7 Å². The average Bonchev–Trinajstić information content (AvgIpc) is 3.05. The van der Waals surface area contributed by atoms with Crippen LogP contribution < -0.4 is 9.64 Å². The fourth-order valence-electron chi connectivity index (χ4n) is 3.56. The third kappa shape index (κ3) is 3.50. The number of hydrogen-bond donors (Lipinski definition) is 1. The first-order valence-electron chi connectivity index (χ1n) is 9.27. The molecule has 3 aromatic carbocycles. The number of carbonyl (C=O) groups excluding carboxylic acids is 2. The Morgan fingerprint density at radius 1 is 0.933 bits per heavy atom. The predicted molar refractivity (Wildman–Crippen MR) is 118 cm³/mol. The number of rotatable bonds is 4. The van der Waals surface area contributed by atoms with E-state index in [2.05, 4.69) is 15.9 Å². The number of halogens is 1. The van der Waals surface area contributed by atoms with Gasteiger partial charge < -0.3 is 9.84 Å². The molecule has 1 atom stereocenters. The van der Waals surface area contributed by atoms with Crippen molar-refractivity contribution in [3.63, 3.8) is 0 Å². The predicted octanol–water partition coefficient (Wildman–Crippen LogP) is 5.08. The maximum atomic E-state index is 13.0. The minimum Gasteiger partial charge on any atom is -0.507 e. The van der Waals surface area contributed by atoms with Gasteiger partial charge in [-0.05, 0) is 54.1 Å². The molecule has 0 spiro atoms. The minimum absolute atomic E-state index is 0.0549. The summed E-state index contributed by atoms with van der Waals surface area (Å²) < 4.78 is 6.02. The zero-order valence-corrected chi connectivity index (χ0v) is 17.7. The van der Waals surface area contributed by atoms with Crippen molar-refractivity contribution >= 4 is 39.1 Å². The van der Waals surface area contributed by atoms with Gasteiger partial charge in [0.15, 0.2) is 0 Å². The highest BCUT2D eigenvalue weighted by Crippen LogP contribution is 2.42. The number of methoxy groups -OCH3 is 1. The number of ketones is 1. The van der Waals surface area contributed by atoms with E-state index in [0.717, 1.165) is 10.0 Å². The van der Waals surface area contributed by atoms with Gasteiger partial charge in [-0.2, -0.15) is 0 Å². The molecule has 1 heterocycles. The van der Waals surface area contributed by atoms with Crippen molar-refractivity contribution in [1.29, 1.82) is 0 Å². The maximum absolute atomic E-state index is 13.0. The van der Waals surface area contributed by atoms with E-state index in [-0.39, 0.29) is 11.3 Å². The van der Waals surface area contributed by atoms with Crippen LogP contribution in [0.25, 0.3) is 5.76 Å². The molecule has 1 N–H and O–H groups in total. The summed E-state index contributed by atoms with van der Waals surface area (Å²) in [6.45, 7) is 0. The first-order valence-corrected chi connectivity index (χ1v) is 10.1. The Labute approximate surface area is 182 Å². The average molecular weight is 464 g/mol. The molecular formula is C24H18BrNO4. The quantitative estimate of drug-likeness (QED) is 0.332. The lowest BCUT2D eigenvalue weighted by Crippen LogP contribution is -2.29. The van der Waals surface area contributed by atoms with Crippen molar-refractivity contribution in [3.05, 3.63) is 100 Å². The summed E-state index contributed by atoms with van der Waals surface area (Å²) in [5.74, 6) is -0.993. The SMILES string of the molecule is COc1ccc(/C(O)=C2\C(=O)C(=O)N(c3ccc(Br)cc3)C2c2ccccc2)cc1. The molecule has 30 heavy (non-hydrogen) atoms. The molecule has 6 heteroatoms. The molecule has 150 valence electrons. The van der Waals surface area contributed by atoms with Gasteiger partial charge in [0.1, 0.15) is 11.5 Å². The molecule has 0 radical (unpaired) electrons. The maximum Gasteiger partial charge on any atom is 0.300 e. The molecular weight excluding hydrogens is 446 g/mol. The molecule has 0 aromatic heterocycles. The second kappa shape index (κ2) is 8.16. The lowest BCUT2D eigenvalue weighted by molar-refractivity contribution is -0.132. The largest absolute Gasteiger partial charge is 0.507 e. The summed E-state index contributed by atoms with van der Waals surface area (Å²) in [4.78, 5) is 27.5. The number of hydrogen-bond acceptors (Lipinski definition) is 4. The standard InChI is InChI=1S/C24H18BrNO4/c1-30-19-13-7-16(8-14-19)22(27)20-21(15-5-3-2-4-6-15)26(24(29)23(20)28)18-11-9-17(25)10-12-18/h2-14,21,27H,1H3/b22-20+. The topological polar surface area (TPSA) is 66.8 Å². The summed E-state index contributed by atoms with van der Waals surface area (Å²) in [6.07, 6.45) is 0. The minimum atomic E-state index is -0.741. The summed E-state index contributed by atoms with van der Waals surface area (Å²) >= 11 is 3.39. The molecule has 1 saturated heterocycles. The molecule has 0 aliphatic carbocycles. The molecule has 5 nitrogen and oxygen atoms in total. The van der Waals surface area contributed by atoms with Crippen LogP contribution in [0.2, 0.25) is 0 Å². The number of Topliss-reactive ketones (excluding diaryl/α,β-unsaturated/α-hetero) is 1. The van der Waals surface area contributed by atoms with Crippen LogP contribution in [0.15, 0.2) is 88.9 Å². The lowest BCUT2D eigenvalue weighted by Gasteiger charge is -2.25. The van der Waals surface area contributed by atoms with E-state index in [0.29, 0.717) is 17.0 Å². The van der Waals surface area contributed by atoms with E-state index < -0.39 is 17.7 Å². The number of ether oxygens (including phenoxy) is 1. The first-order chi connectivity index (χ1) is 14.5. The molecule has 1 unspecified atom stereocenters. The number of benzene rings is 3. The lowest BCUT2D eigenvalue weighted by atomic mass is 9.95. The van der Waals surface area contributed by atoms with Crippen LogP contribution in [0.1, 0.15) is 17.2 Å². The molecule has 3 aromatic rings. The normalized spacial score (nSPS) is 17.9. The second-order valence-electron chi connectivity index (χ2n) is 6.78. The van der Waals surface area contributed by atoms with Crippen LogP contribution in [0.5, 0.6) is 5.75 Å². The number of aliphatic hydroxyl groups excluding tert-OH is 1. The first kappa shape index (κ1) is 19.9. The summed E-state index contributed by atoms with van der Waals surface area (Å²) in [5.41, 5.74) is 1.79. The Balaban J connectivity index is 1.90. The van der Waals surface area contributed by atoms with E-state index in [1.807, 2.05) is 30.3 Å². The van der Waals surface area contributed by atoms with Crippen molar-refractivity contribution in [1.82, 2.24) is 0 Å². The monoisotopic (exact) mass is 463 g/mol. The van der Waals surface area contributed by atoms with Gasteiger partial charge >= 0.3 is 0 Å². The zero-order chi connectivity index (χ0) is 21.3. The molecule has 0 saturated carbocycles. The molecule has 1 aliphatic rings. The van der Waals surface area contributed by atoms with Gasteiger partial charge in [-0.25, -0.2) is 0 Å². The summed E-state index contributed by atoms with van der Waals surface area (Å²) in [5, 5.41) is 11.0. The highest BCUT2D eigenvalue weighted by atomic mass is 79.9. The third-order valence-corrected chi connectivity index (χ3v) is 5.56. The zero-order valence-electron chi connectivity index (χ0n) is 16.1. The van der Waals surface area contributed by atoms with Crippen molar-refractivity contribution in [2.75, 3.05) is 12.0 Å². The van der Waals surface area contributed by atoms with E-state index in [4.69, 9.17) is 4.74 Å². The highest BCUT2D eigenvalue weighted by Gasteiger charge is 2.46. The van der Waals surface area contributed by atoms with Crippen LogP contribution in [-0.4, -0.2) is 23.9 Å². The van der Waals surface area contributed by atoms with E-state index >= 15 is 0 Å². The molecule has 4 rings (SSSR count). The number of aliphatic hydroxyl groups is 1. The van der Waals surface area contributed by atoms with Gasteiger partial charge in [0.2, 0.25) is 0 Å². The summed E-state index contributed by atoms with van der Waals surface area (Å²) in [7, 11) is 1.55. The fourth-order valence-corrected chi connectivity index (χ4v) is 3.82. The Morgan fingerprint density at radius 2 is 1.57 bits per heavy atom. The number of nitrogens with zero attached hydrogens (tertiary/aromatic N) is 1. The number of carbonyl (C=O) groups is 2. The van der Waals surface area contributed by atoms with E-state index in [9.17, 15) is 14.7 Å². The molecule has 0 bridgehead atoms. The number of amides is 1. The fraction of sp³-hybridized carbons (Fsp3) is 0.0833. The number of anilines is 1. The van der Waals surface area contributed by atoms with Crippen LogP contribution >= 0.6 is 15.9 Å². The smallest absolute Gasteiger partial charge is 0.300 e. The Morgan fingerprint density at radius 3 is 2.17 bits per heavy atom. The Kier molecular flexibility index (Phi) is 5.42. The second-order valence-corrected chi connectivity index (χ2v) is 7.70. The van der Waals surface area contributed by atoms with Gasteiger partial charge in [-0.3, -0.25) is 14.5 Å². The van der Waals surface area contributed by atoms with Crippen LogP contribution in [0.3, 0.4) is 0 Å². The van der Waals surface area contributed by atoms with Crippen LogP contribution in [0, 0.1) is 0 Å².